The van der Waals surface area contributed by atoms with E-state index in [0.29, 0.717) is 17.4 Å². The number of rotatable bonds is 0. The molecule has 3 heterocycles. The average molecular weight is 334 g/mol. The largest absolute Gasteiger partial charge is 0.434 e. The predicted molar refractivity (Wildman–Crippen MR) is 75.8 cm³/mol. The number of nitrogens with two attached hydrogens (primary N) is 1. The van der Waals surface area contributed by atoms with Crippen LogP contribution in [0.4, 0.5) is 18.9 Å². The summed E-state index contributed by atoms with van der Waals surface area (Å²) in [4.78, 5) is 19.6. The average Bonchev–Trinajstić information content (AvgIpc) is 2.53. The van der Waals surface area contributed by atoms with E-state index in [9.17, 15) is 18.0 Å². The molecule has 1 aromatic carbocycles. The molecule has 0 saturated carbocycles. The van der Waals surface area contributed by atoms with Crippen molar-refractivity contribution < 1.29 is 22.7 Å². The van der Waals surface area contributed by atoms with Crippen molar-refractivity contribution >= 4 is 11.6 Å². The summed E-state index contributed by atoms with van der Waals surface area (Å²) in [6.07, 6.45) is -4.09. The molecule has 6 nitrogen and oxygen atoms in total. The molecule has 0 fully saturated rings. The van der Waals surface area contributed by atoms with E-state index >= 15 is 0 Å². The van der Waals surface area contributed by atoms with Gasteiger partial charge in [0, 0.05) is 5.69 Å². The number of hydrogen-bond acceptors (Lipinski definition) is 5. The molecule has 2 aliphatic heterocycles. The number of nitrogens with zero attached hydrogens (tertiary/aromatic N) is 2. The summed E-state index contributed by atoms with van der Waals surface area (Å²) in [5.41, 5.74) is 5.62. The van der Waals surface area contributed by atoms with Crippen LogP contribution in [0.15, 0.2) is 41.9 Å². The Balaban J connectivity index is 1.98. The first-order chi connectivity index (χ1) is 11.4. The van der Waals surface area contributed by atoms with Crippen molar-refractivity contribution in [2.45, 2.75) is 12.1 Å². The molecule has 1 amide bonds. The van der Waals surface area contributed by atoms with Gasteiger partial charge in [-0.2, -0.15) is 13.2 Å². The van der Waals surface area contributed by atoms with Crippen LogP contribution in [0.3, 0.4) is 0 Å². The highest BCUT2D eigenvalue weighted by Crippen LogP contribution is 2.46. The molecular formula is C15H9F3N4O2. The number of alkyl halides is 3. The zero-order chi connectivity index (χ0) is 17.1. The van der Waals surface area contributed by atoms with Gasteiger partial charge >= 0.3 is 6.18 Å². The lowest BCUT2D eigenvalue weighted by Gasteiger charge is -2.32. The van der Waals surface area contributed by atoms with Gasteiger partial charge in [0.25, 0.3) is 5.91 Å². The second-order valence-electron chi connectivity index (χ2n) is 5.30. The fourth-order valence-electron chi connectivity index (χ4n) is 2.83. The Labute approximate surface area is 133 Å². The van der Waals surface area contributed by atoms with E-state index in [1.165, 1.54) is 0 Å². The monoisotopic (exact) mass is 334 g/mol. The van der Waals surface area contributed by atoms with Gasteiger partial charge in [-0.1, -0.05) is 18.2 Å². The zero-order valence-corrected chi connectivity index (χ0v) is 11.9. The Hall–Kier alpha value is -3.10. The minimum absolute atomic E-state index is 0.0230. The van der Waals surface area contributed by atoms with Crippen LogP contribution in [0.25, 0.3) is 0 Å². The molecule has 2 aromatic rings. The van der Waals surface area contributed by atoms with E-state index in [2.05, 4.69) is 15.3 Å². The number of amides is 1. The number of hydrogen-bond donors (Lipinski definition) is 2. The lowest BCUT2D eigenvalue weighted by Crippen LogP contribution is -2.34. The Morgan fingerprint density at radius 2 is 2.00 bits per heavy atom. The van der Waals surface area contributed by atoms with Crippen molar-refractivity contribution in [3.05, 3.63) is 58.9 Å². The summed E-state index contributed by atoms with van der Waals surface area (Å²) in [7, 11) is 0. The maximum absolute atomic E-state index is 13.0. The summed E-state index contributed by atoms with van der Waals surface area (Å²) < 4.78 is 44.1. The van der Waals surface area contributed by atoms with E-state index in [-0.39, 0.29) is 23.0 Å². The highest BCUT2D eigenvalue weighted by molar-refractivity contribution is 6.09. The number of anilines is 1. The molecule has 4 rings (SSSR count). The Morgan fingerprint density at radius 1 is 1.25 bits per heavy atom. The lowest BCUT2D eigenvalue weighted by molar-refractivity contribution is -0.141. The van der Waals surface area contributed by atoms with Gasteiger partial charge in [-0.25, -0.2) is 9.97 Å². The van der Waals surface area contributed by atoms with Gasteiger partial charge in [0.2, 0.25) is 11.8 Å². The number of aromatic nitrogens is 2. The van der Waals surface area contributed by atoms with Crippen LogP contribution in [0, 0.1) is 0 Å². The number of halogens is 3. The van der Waals surface area contributed by atoms with Gasteiger partial charge in [-0.15, -0.1) is 0 Å². The molecule has 1 unspecified atom stereocenters. The van der Waals surface area contributed by atoms with Crippen LogP contribution < -0.4 is 15.8 Å². The summed E-state index contributed by atoms with van der Waals surface area (Å²) in [6, 6.07) is 6.75. The van der Waals surface area contributed by atoms with Crippen LogP contribution in [0.2, 0.25) is 0 Å². The lowest BCUT2D eigenvalue weighted by atomic mass is 9.83. The molecule has 1 atom stereocenters. The fraction of sp³-hybridized carbons (Fsp3) is 0.133. The van der Waals surface area contributed by atoms with E-state index < -0.39 is 23.7 Å². The molecule has 0 spiro atoms. The number of fused-ring (bicyclic) bond motifs is 5. The van der Waals surface area contributed by atoms with Crippen LogP contribution in [-0.4, -0.2) is 15.9 Å². The molecule has 9 heteroatoms. The van der Waals surface area contributed by atoms with E-state index in [1.54, 1.807) is 24.3 Å². The van der Waals surface area contributed by atoms with Crippen LogP contribution in [0.1, 0.15) is 22.9 Å². The SMILES string of the molecule is NC1=C2C(=O)Nc3ccccc3C2c2nc(C(F)(F)F)cnc2O1. The number of nitrogens with one attached hydrogen (secondary N) is 1. The number of ether oxygens (including phenoxy) is 1. The van der Waals surface area contributed by atoms with Crippen molar-refractivity contribution in [1.82, 2.24) is 9.97 Å². The third kappa shape index (κ3) is 2.01. The normalized spacial score (nSPS) is 19.0. The first-order valence-electron chi connectivity index (χ1n) is 6.88. The number of carbonyl (C=O) groups excluding carboxylic acids is 1. The quantitative estimate of drug-likeness (QED) is 0.770. The van der Waals surface area contributed by atoms with E-state index in [0.717, 1.165) is 0 Å². The zero-order valence-electron chi connectivity index (χ0n) is 11.9. The van der Waals surface area contributed by atoms with Crippen LogP contribution in [0.5, 0.6) is 5.88 Å². The third-order valence-electron chi connectivity index (χ3n) is 3.85. The second kappa shape index (κ2) is 4.70. The summed E-state index contributed by atoms with van der Waals surface area (Å²) >= 11 is 0. The molecule has 0 saturated heterocycles. The van der Waals surface area contributed by atoms with Crippen molar-refractivity contribution in [2.24, 2.45) is 5.73 Å². The first-order valence-corrected chi connectivity index (χ1v) is 6.88. The smallest absolute Gasteiger partial charge is 0.421 e. The van der Waals surface area contributed by atoms with Crippen molar-refractivity contribution in [1.29, 1.82) is 0 Å². The summed E-state index contributed by atoms with van der Waals surface area (Å²) in [6.45, 7) is 0. The molecule has 0 aliphatic carbocycles. The molecule has 24 heavy (non-hydrogen) atoms. The number of benzene rings is 1. The Kier molecular flexibility index (Phi) is 2.84. The van der Waals surface area contributed by atoms with Gasteiger partial charge in [-0.05, 0) is 11.6 Å². The van der Waals surface area contributed by atoms with E-state index in [1.807, 2.05) is 0 Å². The molecule has 122 valence electrons. The highest BCUT2D eigenvalue weighted by atomic mass is 19.4. The predicted octanol–water partition coefficient (Wildman–Crippen LogP) is 2.14. The van der Waals surface area contributed by atoms with Crippen molar-refractivity contribution in [2.75, 3.05) is 5.32 Å². The first kappa shape index (κ1) is 14.5. The van der Waals surface area contributed by atoms with Crippen LogP contribution >= 0.6 is 0 Å². The Bertz CT molecular complexity index is 908. The van der Waals surface area contributed by atoms with E-state index in [4.69, 9.17) is 10.5 Å². The Morgan fingerprint density at radius 3 is 2.75 bits per heavy atom. The number of para-hydroxylation sites is 1. The minimum Gasteiger partial charge on any atom is -0.421 e. The van der Waals surface area contributed by atoms with Crippen molar-refractivity contribution in [3.63, 3.8) is 0 Å². The standard InChI is InChI=1S/C15H9F3N4O2/c16-15(17,18)8-5-20-14-11(22-8)9-6-3-1-2-4-7(6)21-13(23)10(9)12(19)24-14/h1-5,9H,19H2,(H,21,23). The van der Waals surface area contributed by atoms with Crippen LogP contribution in [-0.2, 0) is 11.0 Å². The maximum Gasteiger partial charge on any atom is 0.434 e. The minimum atomic E-state index is -4.66. The molecule has 0 bridgehead atoms. The number of carbonyl (C=O) groups is 1. The van der Waals surface area contributed by atoms with Gasteiger partial charge < -0.3 is 15.8 Å². The molecular weight excluding hydrogens is 325 g/mol. The maximum atomic E-state index is 13.0. The molecule has 3 N–H and O–H groups in total. The summed E-state index contributed by atoms with van der Waals surface area (Å²) in [5.74, 6) is -1.75. The topological polar surface area (TPSA) is 90.1 Å². The van der Waals surface area contributed by atoms with Gasteiger partial charge in [-0.3, -0.25) is 4.79 Å². The fourth-order valence-corrected chi connectivity index (χ4v) is 2.83. The second-order valence-corrected chi connectivity index (χ2v) is 5.30. The highest BCUT2D eigenvalue weighted by Gasteiger charge is 2.43. The molecule has 0 radical (unpaired) electrons. The van der Waals surface area contributed by atoms with Gasteiger partial charge in [0.05, 0.1) is 17.7 Å². The molecule has 2 aliphatic rings. The van der Waals surface area contributed by atoms with Gasteiger partial charge in [0.1, 0.15) is 5.69 Å². The third-order valence-corrected chi connectivity index (χ3v) is 3.85. The van der Waals surface area contributed by atoms with Gasteiger partial charge in [0.15, 0.2) is 5.69 Å². The molecule has 1 aromatic heterocycles. The summed E-state index contributed by atoms with van der Waals surface area (Å²) in [5, 5.41) is 2.64. The van der Waals surface area contributed by atoms with Crippen molar-refractivity contribution in [3.8, 4) is 5.88 Å².